The largest absolute Gasteiger partial charge is 0.514 e. The third-order valence-electron chi connectivity index (χ3n) is 8.00. The zero-order valence-electron chi connectivity index (χ0n) is 29.4. The lowest BCUT2D eigenvalue weighted by Crippen LogP contribution is -2.57. The smallest absolute Gasteiger partial charge is 0.429 e. The molecule has 0 spiro atoms. The summed E-state index contributed by atoms with van der Waals surface area (Å²) in [6, 6.07) is 7.14. The van der Waals surface area contributed by atoms with E-state index in [0.717, 1.165) is 17.0 Å². The van der Waals surface area contributed by atoms with Gasteiger partial charge in [-0.25, -0.2) is 14.5 Å². The van der Waals surface area contributed by atoms with Gasteiger partial charge in [0.1, 0.15) is 24.4 Å². The summed E-state index contributed by atoms with van der Waals surface area (Å²) in [7, 11) is 0. The van der Waals surface area contributed by atoms with E-state index in [-0.39, 0.29) is 67.4 Å². The van der Waals surface area contributed by atoms with Crippen LogP contribution in [0, 0.1) is 16.0 Å². The van der Waals surface area contributed by atoms with Crippen LogP contribution < -0.4 is 31.7 Å². The van der Waals surface area contributed by atoms with Crippen molar-refractivity contribution in [3.8, 4) is 5.75 Å². The number of hydrogen-bond donors (Lipinski definition) is 4. The molecule has 6 N–H and O–H groups in total. The first-order valence-corrected chi connectivity index (χ1v) is 16.9. The summed E-state index contributed by atoms with van der Waals surface area (Å²) in [6.45, 7) is 3.60. The van der Waals surface area contributed by atoms with Crippen LogP contribution in [0.5, 0.6) is 5.75 Å². The predicted octanol–water partition coefficient (Wildman–Crippen LogP) is 2.57. The van der Waals surface area contributed by atoms with Crippen LogP contribution in [0.15, 0.2) is 60.7 Å². The first-order valence-electron chi connectivity index (χ1n) is 16.9. The summed E-state index contributed by atoms with van der Waals surface area (Å²) in [5.74, 6) is -2.98. The third-order valence-corrected chi connectivity index (χ3v) is 8.00. The first kappa shape index (κ1) is 41.3. The van der Waals surface area contributed by atoms with Gasteiger partial charge in [0, 0.05) is 37.3 Å². The number of imide groups is 2. The van der Waals surface area contributed by atoms with Crippen molar-refractivity contribution in [2.24, 2.45) is 17.4 Å². The monoisotopic (exact) mass is 737 g/mol. The third kappa shape index (κ3) is 12.5. The number of nitrogens with zero attached hydrogens (tertiary/aromatic N) is 3. The van der Waals surface area contributed by atoms with Crippen molar-refractivity contribution in [3.63, 3.8) is 0 Å². The molecule has 18 nitrogen and oxygen atoms in total. The van der Waals surface area contributed by atoms with Gasteiger partial charge in [-0.2, -0.15) is 0 Å². The molecule has 1 heterocycles. The van der Waals surface area contributed by atoms with Gasteiger partial charge < -0.3 is 31.6 Å². The van der Waals surface area contributed by atoms with Crippen molar-refractivity contribution in [1.29, 1.82) is 0 Å². The Kier molecular flexibility index (Phi) is 15.6. The van der Waals surface area contributed by atoms with E-state index >= 15 is 0 Å². The fraction of sp³-hybridized carbons (Fsp3) is 0.400. The summed E-state index contributed by atoms with van der Waals surface area (Å²) in [5, 5.41) is 16.1. The Bertz CT molecular complexity index is 1680. The number of nitro benzene ring substituents is 1. The number of rotatable bonds is 19. The number of nitrogens with one attached hydrogen (secondary N) is 2. The standard InChI is InChI=1S/C35H43N7O11/c1-22(2)31(39-28(43)8-4-3-5-20-40-29(44)17-18-30(40)45)32(46)38-27(7-6-19-36)33(47)41(34(37)48)24-11-9-23(10-12-24)21-52-35(49)53-26-15-13-25(14-16-26)42(50)51/h9-18,22,27,31H,3-8,19-21,36H2,1-2H3,(H2,37,48)(H,38,46)(H,39,43)/t27-,31-/m0/s1. The minimum Gasteiger partial charge on any atom is -0.429 e. The van der Waals surface area contributed by atoms with E-state index in [4.69, 9.17) is 20.9 Å². The lowest BCUT2D eigenvalue weighted by Gasteiger charge is -2.28. The number of amides is 7. The van der Waals surface area contributed by atoms with Crippen molar-refractivity contribution in [2.75, 3.05) is 18.0 Å². The molecule has 53 heavy (non-hydrogen) atoms. The number of benzene rings is 2. The lowest BCUT2D eigenvalue weighted by molar-refractivity contribution is -0.384. The van der Waals surface area contributed by atoms with Crippen LogP contribution in [0.4, 0.5) is 21.0 Å². The van der Waals surface area contributed by atoms with Gasteiger partial charge in [0.2, 0.25) is 11.8 Å². The molecule has 0 saturated carbocycles. The second-order valence-corrected chi connectivity index (χ2v) is 12.3. The van der Waals surface area contributed by atoms with Gasteiger partial charge in [0.15, 0.2) is 0 Å². The molecule has 7 amide bonds. The lowest BCUT2D eigenvalue weighted by atomic mass is 10.0. The SMILES string of the molecule is CC(C)[C@H](NC(=O)CCCCCN1C(=O)C=CC1=O)C(=O)N[C@@H](CCCN)C(=O)N(C(N)=O)c1ccc(COC(=O)Oc2ccc([N+](=O)[O-])cc2)cc1. The molecule has 1 aliphatic heterocycles. The minimum atomic E-state index is -1.24. The average Bonchev–Trinajstić information content (AvgIpc) is 3.44. The van der Waals surface area contributed by atoms with Gasteiger partial charge in [0.05, 0.1) is 10.6 Å². The van der Waals surface area contributed by atoms with Crippen LogP contribution in [0.2, 0.25) is 0 Å². The Balaban J connectivity index is 1.58. The molecule has 284 valence electrons. The number of non-ortho nitro benzene ring substituents is 1. The maximum atomic E-state index is 13.7. The molecule has 0 radical (unpaired) electrons. The Morgan fingerprint density at radius 2 is 1.55 bits per heavy atom. The van der Waals surface area contributed by atoms with Crippen LogP contribution in [0.25, 0.3) is 0 Å². The molecule has 0 saturated heterocycles. The van der Waals surface area contributed by atoms with Crippen molar-refractivity contribution < 1.29 is 48.0 Å². The maximum Gasteiger partial charge on any atom is 0.514 e. The fourth-order valence-corrected chi connectivity index (χ4v) is 5.17. The number of nitro groups is 1. The Morgan fingerprint density at radius 1 is 0.906 bits per heavy atom. The van der Waals surface area contributed by atoms with E-state index in [2.05, 4.69) is 10.6 Å². The van der Waals surface area contributed by atoms with Crippen LogP contribution in [0.3, 0.4) is 0 Å². The summed E-state index contributed by atoms with van der Waals surface area (Å²) < 4.78 is 10.1. The number of carbonyl (C=O) groups is 7. The summed E-state index contributed by atoms with van der Waals surface area (Å²) in [4.78, 5) is 99.9. The Labute approximate surface area is 304 Å². The highest BCUT2D eigenvalue weighted by Gasteiger charge is 2.33. The molecule has 0 unspecified atom stereocenters. The molecule has 1 aliphatic rings. The number of ether oxygens (including phenoxy) is 2. The number of unbranched alkanes of at least 4 members (excludes halogenated alkanes) is 2. The van der Waals surface area contributed by atoms with Gasteiger partial charge in [0.25, 0.3) is 23.4 Å². The molecular weight excluding hydrogens is 694 g/mol. The number of nitrogens with two attached hydrogens (primary N) is 2. The van der Waals surface area contributed by atoms with Crippen molar-refractivity contribution in [2.45, 2.75) is 71.1 Å². The molecule has 0 bridgehead atoms. The fourth-order valence-electron chi connectivity index (χ4n) is 5.17. The van der Waals surface area contributed by atoms with Crippen LogP contribution in [-0.4, -0.2) is 76.7 Å². The van der Waals surface area contributed by atoms with E-state index in [1.54, 1.807) is 13.8 Å². The molecule has 2 atom stereocenters. The van der Waals surface area contributed by atoms with Crippen LogP contribution in [0.1, 0.15) is 57.9 Å². The molecule has 3 rings (SSSR count). The number of anilines is 1. The molecule has 2 aromatic carbocycles. The second-order valence-electron chi connectivity index (χ2n) is 12.3. The first-order chi connectivity index (χ1) is 25.2. The number of primary amides is 1. The molecular formula is C35H43N7O11. The number of carbonyl (C=O) groups excluding carboxylic acids is 7. The van der Waals surface area contributed by atoms with E-state index in [9.17, 15) is 43.7 Å². The topological polar surface area (TPSA) is 264 Å². The highest BCUT2D eigenvalue weighted by atomic mass is 16.7. The van der Waals surface area contributed by atoms with E-state index in [1.165, 1.54) is 48.6 Å². The van der Waals surface area contributed by atoms with E-state index in [1.807, 2.05) is 0 Å². The van der Waals surface area contributed by atoms with Crippen molar-refractivity contribution >= 4 is 53.1 Å². The zero-order valence-corrected chi connectivity index (χ0v) is 29.4. The maximum absolute atomic E-state index is 13.7. The van der Waals surface area contributed by atoms with Gasteiger partial charge in [-0.1, -0.05) is 32.4 Å². The van der Waals surface area contributed by atoms with Gasteiger partial charge >= 0.3 is 12.2 Å². The summed E-state index contributed by atoms with van der Waals surface area (Å²) >= 11 is 0. The summed E-state index contributed by atoms with van der Waals surface area (Å²) in [6.07, 6.45) is 3.32. The van der Waals surface area contributed by atoms with Gasteiger partial charge in [-0.05, 0) is 68.0 Å². The van der Waals surface area contributed by atoms with Gasteiger partial charge in [-0.3, -0.25) is 39.0 Å². The number of hydrogen-bond acceptors (Lipinski definition) is 12. The second kappa shape index (κ2) is 20.0. The van der Waals surface area contributed by atoms with Crippen molar-refractivity contribution in [3.05, 3.63) is 76.4 Å². The zero-order chi connectivity index (χ0) is 39.1. The highest BCUT2D eigenvalue weighted by molar-refractivity contribution is 6.16. The van der Waals surface area contributed by atoms with Gasteiger partial charge in [-0.15, -0.1) is 0 Å². The molecule has 18 heteroatoms. The van der Waals surface area contributed by atoms with E-state index in [0.29, 0.717) is 36.1 Å². The van der Waals surface area contributed by atoms with Crippen LogP contribution in [-0.2, 0) is 35.3 Å². The normalized spacial score (nSPS) is 13.3. The van der Waals surface area contributed by atoms with Crippen molar-refractivity contribution in [1.82, 2.24) is 15.5 Å². The summed E-state index contributed by atoms with van der Waals surface area (Å²) in [5.41, 5.74) is 11.6. The predicted molar refractivity (Wildman–Crippen MR) is 189 cm³/mol. The minimum absolute atomic E-state index is 0.0303. The quantitative estimate of drug-likeness (QED) is 0.0405. The number of urea groups is 1. The van der Waals surface area contributed by atoms with E-state index < -0.39 is 46.9 Å². The Morgan fingerprint density at radius 3 is 2.11 bits per heavy atom. The molecule has 0 aromatic heterocycles. The molecule has 0 fully saturated rings. The Hall–Kier alpha value is -6.17. The average molecular weight is 738 g/mol. The molecule has 0 aliphatic carbocycles. The molecule has 2 aromatic rings. The highest BCUT2D eigenvalue weighted by Crippen LogP contribution is 2.20. The van der Waals surface area contributed by atoms with Crippen LogP contribution >= 0.6 is 0 Å².